The molecule has 1 aliphatic heterocycles. The number of methoxy groups -OCH3 is 1. The summed E-state index contributed by atoms with van der Waals surface area (Å²) >= 11 is 0. The summed E-state index contributed by atoms with van der Waals surface area (Å²) in [4.78, 5) is 18.9. The predicted molar refractivity (Wildman–Crippen MR) is 101 cm³/mol. The standard InChI is InChI=1S/C21H30N2O4/c1-14-4-5-17(22-18(14)26-3)27-16-6-8-21(9-7-16)12-23(13-21)19(24)15-10-20(2,25)11-15/h4-5,15-16,25H,6-13H2,1-3H3/t15-,20+. The third-order valence-electron chi connectivity index (χ3n) is 6.58. The summed E-state index contributed by atoms with van der Waals surface area (Å²) in [6.07, 6.45) is 5.58. The van der Waals surface area contributed by atoms with Crippen LogP contribution in [0.5, 0.6) is 11.8 Å². The van der Waals surface area contributed by atoms with Crippen LogP contribution in [0.2, 0.25) is 0 Å². The SMILES string of the molecule is COc1nc(OC2CCC3(CC2)CN(C(=O)[C@H]2C[C@@](C)(O)C2)C3)ccc1C. The van der Waals surface area contributed by atoms with E-state index in [1.807, 2.05) is 30.9 Å². The van der Waals surface area contributed by atoms with Crippen LogP contribution in [0.1, 0.15) is 51.0 Å². The maximum absolute atomic E-state index is 12.5. The lowest BCUT2D eigenvalue weighted by Gasteiger charge is -2.55. The van der Waals surface area contributed by atoms with E-state index in [4.69, 9.17) is 9.47 Å². The molecule has 1 saturated heterocycles. The molecular formula is C21H30N2O4. The molecule has 6 heteroatoms. The van der Waals surface area contributed by atoms with E-state index < -0.39 is 5.60 Å². The van der Waals surface area contributed by atoms with Gasteiger partial charge in [-0.25, -0.2) is 0 Å². The minimum atomic E-state index is -0.634. The van der Waals surface area contributed by atoms with Gasteiger partial charge in [0.25, 0.3) is 0 Å². The lowest BCUT2D eigenvalue weighted by Crippen LogP contribution is -2.63. The minimum Gasteiger partial charge on any atom is -0.481 e. The number of carbonyl (C=O) groups excluding carboxylic acids is 1. The number of ether oxygens (including phenoxy) is 2. The fraction of sp³-hybridized carbons (Fsp3) is 0.714. The number of aliphatic hydroxyl groups is 1. The van der Waals surface area contributed by atoms with Crippen molar-refractivity contribution in [2.45, 2.75) is 64.1 Å². The third kappa shape index (κ3) is 3.64. The largest absolute Gasteiger partial charge is 0.481 e. The highest BCUT2D eigenvalue weighted by molar-refractivity contribution is 5.81. The fourth-order valence-corrected chi connectivity index (χ4v) is 4.93. The van der Waals surface area contributed by atoms with E-state index in [2.05, 4.69) is 4.98 Å². The molecule has 27 heavy (non-hydrogen) atoms. The summed E-state index contributed by atoms with van der Waals surface area (Å²) in [5, 5.41) is 9.85. The molecule has 148 valence electrons. The monoisotopic (exact) mass is 374 g/mol. The minimum absolute atomic E-state index is 0.0274. The number of rotatable bonds is 4. The second kappa shape index (κ2) is 6.66. The Labute approximate surface area is 160 Å². The van der Waals surface area contributed by atoms with Gasteiger partial charge in [0.05, 0.1) is 12.7 Å². The van der Waals surface area contributed by atoms with Gasteiger partial charge in [-0.15, -0.1) is 0 Å². The van der Waals surface area contributed by atoms with Crippen LogP contribution in [0.4, 0.5) is 0 Å². The number of carbonyl (C=O) groups is 1. The Morgan fingerprint density at radius 2 is 1.93 bits per heavy atom. The third-order valence-corrected chi connectivity index (χ3v) is 6.58. The molecule has 3 aliphatic rings. The molecule has 1 aromatic rings. The highest BCUT2D eigenvalue weighted by Gasteiger charge is 2.51. The molecule has 1 N–H and O–H groups in total. The number of nitrogens with zero attached hydrogens (tertiary/aromatic N) is 2. The average Bonchev–Trinajstić information content (AvgIpc) is 2.59. The molecule has 0 bridgehead atoms. The lowest BCUT2D eigenvalue weighted by atomic mass is 9.66. The van der Waals surface area contributed by atoms with Gasteiger partial charge in [0.2, 0.25) is 17.7 Å². The Balaban J connectivity index is 1.25. The molecule has 0 radical (unpaired) electrons. The van der Waals surface area contributed by atoms with Crippen molar-refractivity contribution < 1.29 is 19.4 Å². The van der Waals surface area contributed by atoms with Gasteiger partial charge in [0.15, 0.2) is 0 Å². The van der Waals surface area contributed by atoms with Crippen LogP contribution in [0.3, 0.4) is 0 Å². The number of aromatic nitrogens is 1. The van der Waals surface area contributed by atoms with E-state index in [9.17, 15) is 9.90 Å². The predicted octanol–water partition coefficient (Wildman–Crippen LogP) is 2.71. The summed E-state index contributed by atoms with van der Waals surface area (Å²) in [6, 6.07) is 3.87. The molecule has 6 nitrogen and oxygen atoms in total. The Morgan fingerprint density at radius 1 is 1.26 bits per heavy atom. The normalized spacial score (nSPS) is 29.8. The molecule has 1 amide bonds. The zero-order chi connectivity index (χ0) is 19.2. The van der Waals surface area contributed by atoms with Crippen molar-refractivity contribution in [2.24, 2.45) is 11.3 Å². The van der Waals surface area contributed by atoms with Gasteiger partial charge in [-0.3, -0.25) is 4.79 Å². The molecular weight excluding hydrogens is 344 g/mol. The first kappa shape index (κ1) is 18.5. The molecule has 0 atom stereocenters. The van der Waals surface area contributed by atoms with Crippen molar-refractivity contribution in [2.75, 3.05) is 20.2 Å². The van der Waals surface area contributed by atoms with Crippen molar-refractivity contribution in [1.82, 2.24) is 9.88 Å². The van der Waals surface area contributed by atoms with Crippen LogP contribution >= 0.6 is 0 Å². The van der Waals surface area contributed by atoms with Gasteiger partial charge in [-0.1, -0.05) is 0 Å². The highest BCUT2D eigenvalue weighted by atomic mass is 16.5. The number of hydrogen-bond donors (Lipinski definition) is 1. The quantitative estimate of drug-likeness (QED) is 0.877. The second-order valence-corrected chi connectivity index (χ2v) is 9.09. The topological polar surface area (TPSA) is 71.9 Å². The Kier molecular flexibility index (Phi) is 4.57. The van der Waals surface area contributed by atoms with Crippen molar-refractivity contribution in [1.29, 1.82) is 0 Å². The van der Waals surface area contributed by atoms with Crippen LogP contribution in [0.15, 0.2) is 12.1 Å². The second-order valence-electron chi connectivity index (χ2n) is 9.09. The maximum Gasteiger partial charge on any atom is 0.225 e. The van der Waals surface area contributed by atoms with E-state index in [-0.39, 0.29) is 23.3 Å². The van der Waals surface area contributed by atoms with Gasteiger partial charge < -0.3 is 19.5 Å². The first-order chi connectivity index (χ1) is 12.8. The van der Waals surface area contributed by atoms with E-state index in [0.717, 1.165) is 44.3 Å². The van der Waals surface area contributed by atoms with Gasteiger partial charge in [0, 0.05) is 36.1 Å². The lowest BCUT2D eigenvalue weighted by molar-refractivity contribution is -0.164. The van der Waals surface area contributed by atoms with Crippen LogP contribution in [-0.4, -0.2) is 52.8 Å². The number of amides is 1. The summed E-state index contributed by atoms with van der Waals surface area (Å²) in [6.45, 7) is 5.52. The van der Waals surface area contributed by atoms with Crippen LogP contribution in [0, 0.1) is 18.3 Å². The van der Waals surface area contributed by atoms with E-state index >= 15 is 0 Å². The Bertz CT molecular complexity index is 709. The van der Waals surface area contributed by atoms with Crippen molar-refractivity contribution in [3.05, 3.63) is 17.7 Å². The van der Waals surface area contributed by atoms with Crippen LogP contribution in [0.25, 0.3) is 0 Å². The number of pyridine rings is 1. The van der Waals surface area contributed by atoms with Gasteiger partial charge in [0.1, 0.15) is 6.10 Å². The van der Waals surface area contributed by atoms with Gasteiger partial charge in [-0.05, 0) is 58.4 Å². The molecule has 0 unspecified atom stereocenters. The molecule has 1 spiro atoms. The summed E-state index contributed by atoms with van der Waals surface area (Å²) in [7, 11) is 1.62. The zero-order valence-electron chi connectivity index (χ0n) is 16.5. The summed E-state index contributed by atoms with van der Waals surface area (Å²) in [5.74, 6) is 1.50. The molecule has 0 aromatic carbocycles. The molecule has 1 aromatic heterocycles. The Hall–Kier alpha value is -1.82. The number of aryl methyl sites for hydroxylation is 1. The first-order valence-corrected chi connectivity index (χ1v) is 9.99. The van der Waals surface area contributed by atoms with Gasteiger partial charge in [-0.2, -0.15) is 4.98 Å². The van der Waals surface area contributed by atoms with E-state index in [1.54, 1.807) is 7.11 Å². The Morgan fingerprint density at radius 3 is 2.52 bits per heavy atom. The first-order valence-electron chi connectivity index (χ1n) is 9.99. The molecule has 2 saturated carbocycles. The smallest absolute Gasteiger partial charge is 0.225 e. The maximum atomic E-state index is 12.5. The van der Waals surface area contributed by atoms with Crippen molar-refractivity contribution in [3.63, 3.8) is 0 Å². The number of hydrogen-bond acceptors (Lipinski definition) is 5. The summed E-state index contributed by atoms with van der Waals surface area (Å²) < 4.78 is 11.3. The fourth-order valence-electron chi connectivity index (χ4n) is 4.93. The average molecular weight is 374 g/mol. The molecule has 4 rings (SSSR count). The molecule has 2 heterocycles. The molecule has 3 fully saturated rings. The highest BCUT2D eigenvalue weighted by Crippen LogP contribution is 2.47. The van der Waals surface area contributed by atoms with Gasteiger partial charge >= 0.3 is 0 Å². The van der Waals surface area contributed by atoms with Crippen molar-refractivity contribution in [3.8, 4) is 11.8 Å². The van der Waals surface area contributed by atoms with Crippen LogP contribution in [-0.2, 0) is 4.79 Å². The number of likely N-dealkylation sites (tertiary alicyclic amines) is 1. The van der Waals surface area contributed by atoms with E-state index in [0.29, 0.717) is 24.6 Å². The molecule has 2 aliphatic carbocycles. The van der Waals surface area contributed by atoms with E-state index in [1.165, 1.54) is 0 Å². The summed E-state index contributed by atoms with van der Waals surface area (Å²) in [5.41, 5.74) is 0.644. The zero-order valence-corrected chi connectivity index (χ0v) is 16.5. The van der Waals surface area contributed by atoms with Crippen LogP contribution < -0.4 is 9.47 Å². The van der Waals surface area contributed by atoms with Crippen molar-refractivity contribution >= 4 is 5.91 Å².